The quantitative estimate of drug-likeness (QED) is 0.381. The van der Waals surface area contributed by atoms with Crippen LogP contribution in [-0.4, -0.2) is 36.8 Å². The zero-order chi connectivity index (χ0) is 13.6. The molecular weight excluding hydrogens is 222 g/mol. The monoisotopic (exact) mass is 253 g/mol. The maximum atomic E-state index is 5.89. The molecule has 0 N–H and O–H groups in total. The molecule has 106 valence electrons. The number of hydrogen-bond acceptors (Lipinski definition) is 1. The van der Waals surface area contributed by atoms with Crippen molar-refractivity contribution >= 4 is 0 Å². The Labute approximate surface area is 114 Å². The van der Waals surface area contributed by atoms with Gasteiger partial charge in [-0.05, 0) is 27.2 Å². The average molecular weight is 253 g/mol. The predicted octanol–water partition coefficient (Wildman–Crippen LogP) is 3.79. The first-order valence-electron chi connectivity index (χ1n) is 7.50. The topological polar surface area (TPSA) is 9.23 Å². The number of quaternary nitrogens is 1. The summed E-state index contributed by atoms with van der Waals surface area (Å²) in [6.45, 7) is 17.9. The van der Waals surface area contributed by atoms with Crippen LogP contribution in [-0.2, 0) is 4.74 Å². The first-order valence-corrected chi connectivity index (χ1v) is 7.50. The van der Waals surface area contributed by atoms with Crippen molar-refractivity contribution in [3.63, 3.8) is 0 Å². The minimum Gasteiger partial charge on any atom is -0.500 e. The van der Waals surface area contributed by atoms with Gasteiger partial charge in [0.15, 0.2) is 0 Å². The molecule has 1 rings (SSSR count). The molecule has 0 aromatic rings. The van der Waals surface area contributed by atoms with Crippen LogP contribution in [0, 0.1) is 12.3 Å². The van der Waals surface area contributed by atoms with E-state index in [0.29, 0.717) is 6.10 Å². The number of likely N-dealkylation sites (N-methyl/N-ethyl adjacent to an activating group) is 1. The molecule has 1 saturated carbocycles. The molecule has 2 heteroatoms. The summed E-state index contributed by atoms with van der Waals surface area (Å²) in [6.07, 6.45) is 8.01. The molecule has 0 saturated heterocycles. The summed E-state index contributed by atoms with van der Waals surface area (Å²) in [5.41, 5.74) is 0.108. The van der Waals surface area contributed by atoms with Crippen molar-refractivity contribution in [3.05, 3.63) is 19.3 Å². The van der Waals surface area contributed by atoms with Crippen LogP contribution < -0.4 is 0 Å². The Balaban J connectivity index is 2.41. The maximum Gasteiger partial charge on any atom is 0.101 e. The zero-order valence-corrected chi connectivity index (χ0v) is 12.7. The molecule has 1 aliphatic carbocycles. The van der Waals surface area contributed by atoms with Crippen LogP contribution in [0.25, 0.3) is 0 Å². The Morgan fingerprint density at radius 3 is 2.33 bits per heavy atom. The van der Waals surface area contributed by atoms with E-state index in [1.54, 1.807) is 0 Å². The van der Waals surface area contributed by atoms with E-state index in [1.807, 2.05) is 6.26 Å². The molecular formula is C16H31NO. The number of ether oxygens (including phenoxy) is 1. The van der Waals surface area contributed by atoms with Crippen molar-refractivity contribution in [1.29, 1.82) is 0 Å². The van der Waals surface area contributed by atoms with E-state index in [0.717, 1.165) is 17.4 Å². The molecule has 1 aliphatic rings. The highest BCUT2D eigenvalue weighted by atomic mass is 16.5. The molecule has 1 fully saturated rings. The lowest BCUT2D eigenvalue weighted by atomic mass is 9.89. The molecule has 18 heavy (non-hydrogen) atoms. The van der Waals surface area contributed by atoms with Crippen molar-refractivity contribution in [2.75, 3.05) is 26.2 Å². The Morgan fingerprint density at radius 2 is 1.89 bits per heavy atom. The van der Waals surface area contributed by atoms with Crippen LogP contribution in [0.15, 0.2) is 12.3 Å². The van der Waals surface area contributed by atoms with Crippen LogP contribution in [0.1, 0.15) is 47.0 Å². The fourth-order valence-corrected chi connectivity index (χ4v) is 2.91. The van der Waals surface area contributed by atoms with Crippen molar-refractivity contribution in [3.8, 4) is 0 Å². The predicted molar refractivity (Wildman–Crippen MR) is 78.1 cm³/mol. The van der Waals surface area contributed by atoms with Crippen LogP contribution in [0.4, 0.5) is 0 Å². The van der Waals surface area contributed by atoms with E-state index in [9.17, 15) is 0 Å². The van der Waals surface area contributed by atoms with Crippen LogP contribution in [0.5, 0.6) is 0 Å². The van der Waals surface area contributed by atoms with Crippen molar-refractivity contribution in [2.24, 2.45) is 5.41 Å². The molecule has 0 aromatic heterocycles. The second-order valence-electron chi connectivity index (χ2n) is 6.02. The summed E-state index contributed by atoms with van der Waals surface area (Å²) in [5.74, 6) is 0. The molecule has 2 nitrogen and oxygen atoms in total. The van der Waals surface area contributed by atoms with E-state index in [2.05, 4.69) is 40.7 Å². The van der Waals surface area contributed by atoms with E-state index in [-0.39, 0.29) is 5.41 Å². The summed E-state index contributed by atoms with van der Waals surface area (Å²) >= 11 is 0. The summed E-state index contributed by atoms with van der Waals surface area (Å²) in [7, 11) is 0. The third-order valence-electron chi connectivity index (χ3n) is 4.84. The second-order valence-corrected chi connectivity index (χ2v) is 6.02. The summed E-state index contributed by atoms with van der Waals surface area (Å²) in [4.78, 5) is 0. The lowest BCUT2D eigenvalue weighted by Gasteiger charge is -2.35. The van der Waals surface area contributed by atoms with Crippen molar-refractivity contribution in [1.82, 2.24) is 0 Å². The Morgan fingerprint density at radius 1 is 1.28 bits per heavy atom. The molecule has 0 radical (unpaired) electrons. The molecule has 0 aliphatic heterocycles. The van der Waals surface area contributed by atoms with Gasteiger partial charge in [0.1, 0.15) is 6.54 Å². The van der Waals surface area contributed by atoms with Gasteiger partial charge >= 0.3 is 0 Å². The van der Waals surface area contributed by atoms with E-state index in [1.165, 1.54) is 32.5 Å². The molecule has 2 unspecified atom stereocenters. The fourth-order valence-electron chi connectivity index (χ4n) is 2.91. The average Bonchev–Trinajstić information content (AvgIpc) is 2.70. The second kappa shape index (κ2) is 6.60. The molecule has 0 aromatic carbocycles. The molecule has 0 heterocycles. The Bertz CT molecular complexity index is 258. The van der Waals surface area contributed by atoms with Gasteiger partial charge in [-0.15, -0.1) is 5.41 Å². The first kappa shape index (κ1) is 15.6. The van der Waals surface area contributed by atoms with E-state index >= 15 is 0 Å². The molecule has 2 atom stereocenters. The summed E-state index contributed by atoms with van der Waals surface area (Å²) in [5, 5.41) is 0. The Kier molecular flexibility index (Phi) is 5.71. The van der Waals surface area contributed by atoms with Gasteiger partial charge in [-0.2, -0.15) is 0 Å². The zero-order valence-electron chi connectivity index (χ0n) is 12.7. The SMILES string of the molecule is [CH2-]C1(C)CCCC1O/C=C/C[N+](CC)(CC)CC. The van der Waals surface area contributed by atoms with Crippen molar-refractivity contribution in [2.45, 2.75) is 53.1 Å². The highest BCUT2D eigenvalue weighted by Gasteiger charge is 2.29. The minimum atomic E-state index is 0.108. The van der Waals surface area contributed by atoms with Gasteiger partial charge in [-0.1, -0.05) is 19.8 Å². The number of rotatable bonds is 7. The van der Waals surface area contributed by atoms with Crippen LogP contribution >= 0.6 is 0 Å². The lowest BCUT2D eigenvalue weighted by Crippen LogP contribution is -2.47. The largest absolute Gasteiger partial charge is 0.500 e. The number of nitrogens with zero attached hydrogens (tertiary/aromatic N) is 1. The van der Waals surface area contributed by atoms with E-state index in [4.69, 9.17) is 4.74 Å². The maximum absolute atomic E-state index is 5.89. The minimum absolute atomic E-state index is 0.108. The molecule has 0 amide bonds. The fraction of sp³-hybridized carbons (Fsp3) is 0.812. The van der Waals surface area contributed by atoms with Gasteiger partial charge in [0.25, 0.3) is 0 Å². The van der Waals surface area contributed by atoms with Crippen molar-refractivity contribution < 1.29 is 9.22 Å². The van der Waals surface area contributed by atoms with Gasteiger partial charge in [0, 0.05) is 6.08 Å². The molecule has 0 spiro atoms. The lowest BCUT2D eigenvalue weighted by molar-refractivity contribution is -0.917. The standard InChI is InChI=1S/C16H31NO/c1-6-17(7-2,8-3)13-10-14-18-15-11-9-12-16(15,4)5/h10,14-15H,4,6-9,11-13H2,1-3,5H3/b14-10+. The van der Waals surface area contributed by atoms with Gasteiger partial charge in [0.2, 0.25) is 0 Å². The number of hydrogen-bond donors (Lipinski definition) is 0. The van der Waals surface area contributed by atoms with E-state index < -0.39 is 0 Å². The Hall–Kier alpha value is -0.500. The van der Waals surface area contributed by atoms with Gasteiger partial charge < -0.3 is 16.1 Å². The summed E-state index contributed by atoms with van der Waals surface area (Å²) in [6, 6.07) is 0. The normalized spacial score (nSPS) is 29.1. The van der Waals surface area contributed by atoms with Gasteiger partial charge in [0.05, 0.1) is 32.0 Å². The third-order valence-corrected chi connectivity index (χ3v) is 4.84. The van der Waals surface area contributed by atoms with Crippen LogP contribution in [0.2, 0.25) is 0 Å². The third kappa shape index (κ3) is 3.74. The highest BCUT2D eigenvalue weighted by molar-refractivity contribution is 4.93. The molecule has 0 bridgehead atoms. The first-order chi connectivity index (χ1) is 8.49. The van der Waals surface area contributed by atoms with Crippen LogP contribution in [0.3, 0.4) is 0 Å². The highest BCUT2D eigenvalue weighted by Crippen LogP contribution is 2.38. The van der Waals surface area contributed by atoms with Gasteiger partial charge in [-0.25, -0.2) is 0 Å². The smallest absolute Gasteiger partial charge is 0.101 e. The van der Waals surface area contributed by atoms with Gasteiger partial charge in [-0.3, -0.25) is 0 Å². The summed E-state index contributed by atoms with van der Waals surface area (Å²) < 4.78 is 7.04.